The molecule has 0 radical (unpaired) electrons. The summed E-state index contributed by atoms with van der Waals surface area (Å²) < 4.78 is 26.5. The van der Waals surface area contributed by atoms with Crippen LogP contribution in [0.1, 0.15) is 22.7 Å². The topological polar surface area (TPSA) is 98.2 Å². The lowest BCUT2D eigenvalue weighted by Crippen LogP contribution is -2.13. The van der Waals surface area contributed by atoms with Crippen LogP contribution in [0.15, 0.2) is 6.07 Å². The minimum absolute atomic E-state index is 0.0203. The van der Waals surface area contributed by atoms with Gasteiger partial charge in [-0.15, -0.1) is 0 Å². The Morgan fingerprint density at radius 3 is 2.68 bits per heavy atom. The molecule has 1 aromatic heterocycles. The highest BCUT2D eigenvalue weighted by Gasteiger charge is 2.11. The van der Waals surface area contributed by atoms with Gasteiger partial charge in [-0.05, 0) is 13.3 Å². The van der Waals surface area contributed by atoms with Gasteiger partial charge in [-0.1, -0.05) is 0 Å². The van der Waals surface area contributed by atoms with Gasteiger partial charge in [0.15, 0.2) is 0 Å². The van der Waals surface area contributed by atoms with Crippen LogP contribution in [0.2, 0.25) is 0 Å². The SMILES string of the molecule is COC(=O)c1nc(C)cc(NCCCS(C)(=O)=O)n1. The number of rotatable bonds is 6. The van der Waals surface area contributed by atoms with Gasteiger partial charge in [0.25, 0.3) is 0 Å². The zero-order valence-corrected chi connectivity index (χ0v) is 12.0. The van der Waals surface area contributed by atoms with Crippen LogP contribution < -0.4 is 5.32 Å². The number of aromatic nitrogens is 2. The first-order valence-corrected chi connectivity index (χ1v) is 7.73. The molecule has 1 heterocycles. The molecule has 7 nitrogen and oxygen atoms in total. The third-order valence-corrected chi connectivity index (χ3v) is 3.25. The van der Waals surface area contributed by atoms with Gasteiger partial charge < -0.3 is 10.1 Å². The van der Waals surface area contributed by atoms with Crippen LogP contribution in [0.4, 0.5) is 5.82 Å². The lowest BCUT2D eigenvalue weighted by Gasteiger charge is -2.07. The predicted molar refractivity (Wildman–Crippen MR) is 70.9 cm³/mol. The molecule has 0 atom stereocenters. The van der Waals surface area contributed by atoms with Crippen molar-refractivity contribution in [2.24, 2.45) is 0 Å². The quantitative estimate of drug-likeness (QED) is 0.598. The van der Waals surface area contributed by atoms with Crippen molar-refractivity contribution < 1.29 is 17.9 Å². The second-order valence-corrected chi connectivity index (χ2v) is 6.38. The first kappa shape index (κ1) is 15.4. The number of hydrogen-bond donors (Lipinski definition) is 1. The maximum Gasteiger partial charge on any atom is 0.376 e. The van der Waals surface area contributed by atoms with Gasteiger partial charge in [0.2, 0.25) is 5.82 Å². The van der Waals surface area contributed by atoms with E-state index in [1.54, 1.807) is 13.0 Å². The molecule has 106 valence electrons. The highest BCUT2D eigenvalue weighted by molar-refractivity contribution is 7.90. The lowest BCUT2D eigenvalue weighted by molar-refractivity contribution is 0.0586. The summed E-state index contributed by atoms with van der Waals surface area (Å²) in [5.74, 6) is -0.0501. The van der Waals surface area contributed by atoms with Crippen molar-refractivity contribution >= 4 is 21.6 Å². The number of nitrogens with one attached hydrogen (secondary N) is 1. The third-order valence-electron chi connectivity index (χ3n) is 2.22. The molecule has 0 saturated carbocycles. The van der Waals surface area contributed by atoms with Gasteiger partial charge in [-0.2, -0.15) is 0 Å². The van der Waals surface area contributed by atoms with Crippen molar-refractivity contribution in [3.05, 3.63) is 17.6 Å². The minimum atomic E-state index is -2.96. The normalized spacial score (nSPS) is 11.1. The van der Waals surface area contributed by atoms with Gasteiger partial charge >= 0.3 is 5.97 Å². The van der Waals surface area contributed by atoms with E-state index >= 15 is 0 Å². The van der Waals surface area contributed by atoms with E-state index < -0.39 is 15.8 Å². The molecule has 0 fully saturated rings. The van der Waals surface area contributed by atoms with Gasteiger partial charge in [0, 0.05) is 24.6 Å². The van der Waals surface area contributed by atoms with Crippen molar-refractivity contribution in [1.82, 2.24) is 9.97 Å². The average Bonchev–Trinajstić information content (AvgIpc) is 2.32. The molecule has 0 aliphatic carbocycles. The number of nitrogens with zero attached hydrogens (tertiary/aromatic N) is 2. The second kappa shape index (κ2) is 6.46. The van der Waals surface area contributed by atoms with Crippen LogP contribution >= 0.6 is 0 Å². The van der Waals surface area contributed by atoms with Crippen LogP contribution in [0.25, 0.3) is 0 Å². The monoisotopic (exact) mass is 287 g/mol. The van der Waals surface area contributed by atoms with E-state index in [0.717, 1.165) is 0 Å². The van der Waals surface area contributed by atoms with E-state index in [1.165, 1.54) is 13.4 Å². The summed E-state index contributed by atoms with van der Waals surface area (Å²) in [5.41, 5.74) is 0.626. The molecule has 0 spiro atoms. The zero-order valence-electron chi connectivity index (χ0n) is 11.1. The lowest BCUT2D eigenvalue weighted by atomic mass is 10.4. The summed E-state index contributed by atoms with van der Waals surface area (Å²) in [6.45, 7) is 2.18. The zero-order chi connectivity index (χ0) is 14.5. The predicted octanol–water partition coefficient (Wildman–Crippen LogP) is 0.418. The van der Waals surface area contributed by atoms with Crippen LogP contribution in [-0.4, -0.2) is 50.0 Å². The number of anilines is 1. The highest BCUT2D eigenvalue weighted by atomic mass is 32.2. The maximum absolute atomic E-state index is 11.3. The minimum Gasteiger partial charge on any atom is -0.463 e. The highest BCUT2D eigenvalue weighted by Crippen LogP contribution is 2.07. The van der Waals surface area contributed by atoms with Crippen molar-refractivity contribution in [2.75, 3.05) is 31.0 Å². The first-order valence-electron chi connectivity index (χ1n) is 5.67. The fraction of sp³-hybridized carbons (Fsp3) is 0.545. The number of methoxy groups -OCH3 is 1. The van der Waals surface area contributed by atoms with Crippen molar-refractivity contribution in [3.8, 4) is 0 Å². The molecule has 19 heavy (non-hydrogen) atoms. The molecule has 8 heteroatoms. The Hall–Kier alpha value is -1.70. The first-order chi connectivity index (χ1) is 8.81. The van der Waals surface area contributed by atoms with Gasteiger partial charge in [0.05, 0.1) is 12.9 Å². The fourth-order valence-corrected chi connectivity index (χ4v) is 2.06. The van der Waals surface area contributed by atoms with E-state index in [9.17, 15) is 13.2 Å². The largest absolute Gasteiger partial charge is 0.463 e. The molecule has 0 aliphatic rings. The Labute approximate surface area is 112 Å². The van der Waals surface area contributed by atoms with Crippen LogP contribution in [0, 0.1) is 6.92 Å². The number of sulfone groups is 1. The molecule has 1 aromatic rings. The standard InChI is InChI=1S/C11H17N3O4S/c1-8-7-9(12-5-4-6-19(3,16)17)14-10(13-8)11(15)18-2/h7H,4-6H2,1-3H3,(H,12,13,14). The summed E-state index contributed by atoms with van der Waals surface area (Å²) in [5, 5.41) is 2.95. The number of carbonyl (C=O) groups is 1. The van der Waals surface area contributed by atoms with E-state index in [-0.39, 0.29) is 11.6 Å². The molecule has 0 aliphatic heterocycles. The Bertz CT molecular complexity index is 557. The summed E-state index contributed by atoms with van der Waals surface area (Å²) >= 11 is 0. The molecule has 0 amide bonds. The van der Waals surface area contributed by atoms with Crippen molar-refractivity contribution in [1.29, 1.82) is 0 Å². The van der Waals surface area contributed by atoms with Crippen LogP contribution in [0.5, 0.6) is 0 Å². The Morgan fingerprint density at radius 2 is 2.11 bits per heavy atom. The Morgan fingerprint density at radius 1 is 1.42 bits per heavy atom. The van der Waals surface area contributed by atoms with Gasteiger partial charge in [-0.25, -0.2) is 23.2 Å². The molecule has 1 rings (SSSR count). The summed E-state index contributed by atoms with van der Waals surface area (Å²) in [6.07, 6.45) is 1.66. The number of esters is 1. The van der Waals surface area contributed by atoms with E-state index in [1.807, 2.05) is 0 Å². The smallest absolute Gasteiger partial charge is 0.376 e. The molecular weight excluding hydrogens is 270 g/mol. The van der Waals surface area contributed by atoms with Crippen LogP contribution in [0.3, 0.4) is 0 Å². The van der Waals surface area contributed by atoms with Gasteiger partial charge in [-0.3, -0.25) is 0 Å². The molecule has 0 aromatic carbocycles. The number of hydrogen-bond acceptors (Lipinski definition) is 7. The Kier molecular flexibility index (Phi) is 5.22. The molecular formula is C11H17N3O4S. The van der Waals surface area contributed by atoms with Crippen molar-refractivity contribution in [2.45, 2.75) is 13.3 Å². The van der Waals surface area contributed by atoms with Crippen LogP contribution in [-0.2, 0) is 14.6 Å². The Balaban J connectivity index is 2.63. The molecule has 1 N–H and O–H groups in total. The third kappa shape index (κ3) is 5.64. The summed E-state index contributed by atoms with van der Waals surface area (Å²) in [4.78, 5) is 19.3. The van der Waals surface area contributed by atoms with E-state index in [0.29, 0.717) is 24.5 Å². The van der Waals surface area contributed by atoms with E-state index in [2.05, 4.69) is 20.0 Å². The average molecular weight is 287 g/mol. The maximum atomic E-state index is 11.3. The second-order valence-electron chi connectivity index (χ2n) is 4.12. The number of carbonyl (C=O) groups excluding carboxylic acids is 1. The van der Waals surface area contributed by atoms with E-state index in [4.69, 9.17) is 0 Å². The summed E-state index contributed by atoms with van der Waals surface area (Å²) in [7, 11) is -1.70. The number of ether oxygens (including phenoxy) is 1. The van der Waals surface area contributed by atoms with Crippen molar-refractivity contribution in [3.63, 3.8) is 0 Å². The molecule has 0 bridgehead atoms. The summed E-state index contributed by atoms with van der Waals surface area (Å²) in [6, 6.07) is 1.67. The molecule has 0 unspecified atom stereocenters. The number of aryl methyl sites for hydroxylation is 1. The fourth-order valence-electron chi connectivity index (χ4n) is 1.39. The van der Waals surface area contributed by atoms with Gasteiger partial charge in [0.1, 0.15) is 15.7 Å². The molecule has 0 saturated heterocycles.